The molecule has 1 N–H and O–H groups in total. The number of methoxy groups -OCH3 is 2. The Hall–Kier alpha value is -3.52. The number of carbonyl (C=O) groups excluding carboxylic acids is 1. The fraction of sp³-hybridized carbons (Fsp3) is 0.208. The largest absolute Gasteiger partial charge is 0.493 e. The average molecular weight is 455 g/mol. The second kappa shape index (κ2) is 10.2. The predicted molar refractivity (Wildman–Crippen MR) is 125 cm³/mol. The van der Waals surface area contributed by atoms with Gasteiger partial charge < -0.3 is 14.8 Å². The Morgan fingerprint density at radius 2 is 1.56 bits per heavy atom. The van der Waals surface area contributed by atoms with Crippen molar-refractivity contribution in [1.82, 2.24) is 0 Å². The van der Waals surface area contributed by atoms with E-state index in [0.29, 0.717) is 17.1 Å². The van der Waals surface area contributed by atoms with E-state index in [2.05, 4.69) is 5.32 Å². The summed E-state index contributed by atoms with van der Waals surface area (Å²) in [6.45, 7) is 1.60. The molecular weight excluding hydrogens is 428 g/mol. The molecule has 0 heterocycles. The highest BCUT2D eigenvalue weighted by molar-refractivity contribution is 7.92. The molecule has 0 bridgehead atoms. The van der Waals surface area contributed by atoms with Crippen LogP contribution in [0.4, 0.5) is 11.4 Å². The second-order valence-electron chi connectivity index (χ2n) is 6.92. The van der Waals surface area contributed by atoms with Gasteiger partial charge >= 0.3 is 0 Å². The van der Waals surface area contributed by atoms with Gasteiger partial charge in [-0.25, -0.2) is 8.42 Å². The molecule has 0 atom stereocenters. The van der Waals surface area contributed by atoms with Gasteiger partial charge in [-0.05, 0) is 42.3 Å². The number of anilines is 2. The van der Waals surface area contributed by atoms with E-state index in [9.17, 15) is 13.2 Å². The van der Waals surface area contributed by atoms with Crippen LogP contribution in [-0.2, 0) is 21.2 Å². The number of aryl methyl sites for hydroxylation is 1. The zero-order valence-electron chi connectivity index (χ0n) is 18.2. The first-order chi connectivity index (χ1) is 15.4. The summed E-state index contributed by atoms with van der Waals surface area (Å²) < 4.78 is 38.7. The van der Waals surface area contributed by atoms with Crippen LogP contribution in [0.2, 0.25) is 0 Å². The Balaban J connectivity index is 1.97. The van der Waals surface area contributed by atoms with Crippen LogP contribution in [0.3, 0.4) is 0 Å². The minimum atomic E-state index is -4.08. The zero-order valence-corrected chi connectivity index (χ0v) is 19.1. The molecule has 0 aromatic heterocycles. The van der Waals surface area contributed by atoms with Gasteiger partial charge in [0, 0.05) is 11.8 Å². The Labute approximate surface area is 188 Å². The van der Waals surface area contributed by atoms with Gasteiger partial charge in [-0.2, -0.15) is 0 Å². The zero-order chi connectivity index (χ0) is 23.1. The number of benzene rings is 3. The molecule has 0 saturated carbocycles. The van der Waals surface area contributed by atoms with Crippen LogP contribution >= 0.6 is 0 Å². The Bertz CT molecular complexity index is 1180. The van der Waals surface area contributed by atoms with Crippen molar-refractivity contribution < 1.29 is 22.7 Å². The number of carbonyl (C=O) groups is 1. The first-order valence-corrected chi connectivity index (χ1v) is 11.5. The van der Waals surface area contributed by atoms with E-state index in [1.165, 1.54) is 32.4 Å². The van der Waals surface area contributed by atoms with Gasteiger partial charge in [0.2, 0.25) is 5.91 Å². The quantitative estimate of drug-likeness (QED) is 0.526. The van der Waals surface area contributed by atoms with Crippen molar-refractivity contribution in [3.63, 3.8) is 0 Å². The van der Waals surface area contributed by atoms with Crippen molar-refractivity contribution >= 4 is 27.3 Å². The van der Waals surface area contributed by atoms with Crippen LogP contribution in [0.25, 0.3) is 0 Å². The Kier molecular flexibility index (Phi) is 7.37. The average Bonchev–Trinajstić information content (AvgIpc) is 2.82. The van der Waals surface area contributed by atoms with E-state index in [4.69, 9.17) is 9.47 Å². The van der Waals surface area contributed by atoms with Crippen LogP contribution in [0.1, 0.15) is 12.5 Å². The lowest BCUT2D eigenvalue weighted by Crippen LogP contribution is -2.38. The smallest absolute Gasteiger partial charge is 0.264 e. The summed E-state index contributed by atoms with van der Waals surface area (Å²) in [7, 11) is -1.17. The van der Waals surface area contributed by atoms with Crippen LogP contribution in [0.15, 0.2) is 77.7 Å². The number of hydrogen-bond donors (Lipinski definition) is 1. The fourth-order valence-corrected chi connectivity index (χ4v) is 4.72. The standard InChI is InChI=1S/C24H26N2O5S/c1-4-18-10-8-9-13-21(18)25-24(27)17-26(19-11-6-5-7-12-19)32(28,29)20-14-15-22(30-2)23(16-20)31-3/h5-16H,4,17H2,1-3H3,(H,25,27). The number of nitrogens with zero attached hydrogens (tertiary/aromatic N) is 1. The summed E-state index contributed by atoms with van der Waals surface area (Å²) in [5.74, 6) is 0.244. The third-order valence-electron chi connectivity index (χ3n) is 4.95. The van der Waals surface area contributed by atoms with Crippen LogP contribution in [0, 0.1) is 0 Å². The number of nitrogens with one attached hydrogen (secondary N) is 1. The number of rotatable bonds is 9. The van der Waals surface area contributed by atoms with Gasteiger partial charge in [0.25, 0.3) is 10.0 Å². The molecule has 3 aromatic rings. The molecular formula is C24H26N2O5S. The highest BCUT2D eigenvalue weighted by Gasteiger charge is 2.28. The molecule has 8 heteroatoms. The Morgan fingerprint density at radius 1 is 0.906 bits per heavy atom. The van der Waals surface area contributed by atoms with Crippen molar-refractivity contribution in [3.8, 4) is 11.5 Å². The third kappa shape index (κ3) is 5.03. The normalized spacial score (nSPS) is 11.0. The highest BCUT2D eigenvalue weighted by atomic mass is 32.2. The predicted octanol–water partition coefficient (Wildman–Crippen LogP) is 4.10. The summed E-state index contributed by atoms with van der Waals surface area (Å²) in [4.78, 5) is 12.9. The SMILES string of the molecule is CCc1ccccc1NC(=O)CN(c1ccccc1)S(=O)(=O)c1ccc(OC)c(OC)c1. The van der Waals surface area contributed by atoms with E-state index in [1.54, 1.807) is 36.4 Å². The molecule has 0 unspecified atom stereocenters. The number of amides is 1. The molecule has 32 heavy (non-hydrogen) atoms. The topological polar surface area (TPSA) is 84.9 Å². The van der Waals surface area contributed by atoms with Gasteiger partial charge in [0.1, 0.15) is 6.54 Å². The maximum absolute atomic E-state index is 13.6. The summed E-state index contributed by atoms with van der Waals surface area (Å²) in [5, 5.41) is 2.84. The number of hydrogen-bond acceptors (Lipinski definition) is 5. The van der Waals surface area contributed by atoms with Crippen LogP contribution in [0.5, 0.6) is 11.5 Å². The van der Waals surface area contributed by atoms with Crippen LogP contribution in [-0.4, -0.2) is 35.1 Å². The maximum atomic E-state index is 13.6. The minimum Gasteiger partial charge on any atom is -0.493 e. The first kappa shape index (κ1) is 23.1. The van der Waals surface area contributed by atoms with Crippen molar-refractivity contribution in [2.75, 3.05) is 30.4 Å². The summed E-state index contributed by atoms with van der Waals surface area (Å²) in [6, 6.07) is 20.3. The Morgan fingerprint density at radius 3 is 2.22 bits per heavy atom. The van der Waals surface area contributed by atoms with Gasteiger partial charge in [-0.1, -0.05) is 43.3 Å². The van der Waals surface area contributed by atoms with E-state index >= 15 is 0 Å². The lowest BCUT2D eigenvalue weighted by molar-refractivity contribution is -0.114. The monoisotopic (exact) mass is 454 g/mol. The molecule has 3 aromatic carbocycles. The van der Waals surface area contributed by atoms with Gasteiger partial charge in [-0.15, -0.1) is 0 Å². The fourth-order valence-electron chi connectivity index (χ4n) is 3.28. The minimum absolute atomic E-state index is 0.0132. The van der Waals surface area contributed by atoms with E-state index < -0.39 is 22.5 Å². The number of para-hydroxylation sites is 2. The first-order valence-electron chi connectivity index (χ1n) is 10.1. The second-order valence-corrected chi connectivity index (χ2v) is 8.79. The third-order valence-corrected chi connectivity index (χ3v) is 6.72. The summed E-state index contributed by atoms with van der Waals surface area (Å²) >= 11 is 0. The summed E-state index contributed by atoms with van der Waals surface area (Å²) in [6.07, 6.45) is 0.739. The van der Waals surface area contributed by atoms with Gasteiger partial charge in [0.15, 0.2) is 11.5 Å². The molecule has 168 valence electrons. The number of ether oxygens (including phenoxy) is 2. The van der Waals surface area contributed by atoms with Crippen molar-refractivity contribution in [2.45, 2.75) is 18.2 Å². The molecule has 0 spiro atoms. The molecule has 7 nitrogen and oxygen atoms in total. The molecule has 3 rings (SSSR count). The van der Waals surface area contributed by atoms with E-state index in [0.717, 1.165) is 16.3 Å². The molecule has 0 aliphatic carbocycles. The molecule has 0 radical (unpaired) electrons. The lowest BCUT2D eigenvalue weighted by Gasteiger charge is -2.24. The molecule has 1 amide bonds. The molecule has 0 aliphatic rings. The molecule has 0 saturated heterocycles. The van der Waals surface area contributed by atoms with Crippen molar-refractivity contribution in [3.05, 3.63) is 78.4 Å². The van der Waals surface area contributed by atoms with Crippen molar-refractivity contribution in [1.29, 1.82) is 0 Å². The summed E-state index contributed by atoms with van der Waals surface area (Å²) in [5.41, 5.74) is 2.01. The maximum Gasteiger partial charge on any atom is 0.264 e. The number of sulfonamides is 1. The highest BCUT2D eigenvalue weighted by Crippen LogP contribution is 2.32. The molecule has 0 fully saturated rings. The van der Waals surface area contributed by atoms with E-state index in [-0.39, 0.29) is 10.6 Å². The van der Waals surface area contributed by atoms with E-state index in [1.807, 2.05) is 25.1 Å². The molecule has 0 aliphatic heterocycles. The van der Waals surface area contributed by atoms with Gasteiger partial charge in [-0.3, -0.25) is 9.10 Å². The van der Waals surface area contributed by atoms with Gasteiger partial charge in [0.05, 0.1) is 24.8 Å². The van der Waals surface area contributed by atoms with Crippen molar-refractivity contribution in [2.24, 2.45) is 0 Å². The van der Waals surface area contributed by atoms with Crippen LogP contribution < -0.4 is 19.1 Å². The lowest BCUT2D eigenvalue weighted by atomic mass is 10.1.